The Hall–Kier alpha value is -1.30. The molecule has 0 radical (unpaired) electrons. The molecule has 24 heavy (non-hydrogen) atoms. The van der Waals surface area contributed by atoms with E-state index in [9.17, 15) is 9.59 Å². The first-order chi connectivity index (χ1) is 11.6. The van der Waals surface area contributed by atoms with Crippen molar-refractivity contribution in [1.82, 2.24) is 0 Å². The zero-order valence-electron chi connectivity index (χ0n) is 13.3. The number of halogens is 1. The molecule has 1 aliphatic carbocycles. The number of hydrogen-bond acceptors (Lipinski definition) is 5. The summed E-state index contributed by atoms with van der Waals surface area (Å²) < 4.78 is 6.08. The van der Waals surface area contributed by atoms with E-state index in [-0.39, 0.29) is 11.8 Å². The Morgan fingerprint density at radius 3 is 2.75 bits per heavy atom. The highest BCUT2D eigenvalue weighted by molar-refractivity contribution is 8.00. The molecule has 0 fully saturated rings. The normalized spacial score (nSPS) is 13.7. The van der Waals surface area contributed by atoms with Gasteiger partial charge in [-0.2, -0.15) is 0 Å². The third kappa shape index (κ3) is 3.68. The summed E-state index contributed by atoms with van der Waals surface area (Å²) in [5.41, 5.74) is 2.76. The average Bonchev–Trinajstić information content (AvgIpc) is 2.95. The zero-order valence-corrected chi connectivity index (χ0v) is 15.7. The van der Waals surface area contributed by atoms with E-state index in [1.807, 2.05) is 24.3 Å². The lowest BCUT2D eigenvalue weighted by atomic mass is 9.93. The van der Waals surface area contributed by atoms with Gasteiger partial charge in [0, 0.05) is 22.8 Å². The van der Waals surface area contributed by atoms with Crippen LogP contribution < -0.4 is 0 Å². The number of rotatable bonds is 5. The van der Waals surface area contributed by atoms with Crippen molar-refractivity contribution in [3.8, 4) is 0 Å². The molecule has 6 heteroatoms. The Balaban J connectivity index is 1.88. The minimum Gasteiger partial charge on any atom is -0.462 e. The molecule has 0 spiro atoms. The number of thioether (sulfide) groups is 1. The van der Waals surface area contributed by atoms with E-state index in [0.717, 1.165) is 39.5 Å². The Morgan fingerprint density at radius 2 is 2.04 bits per heavy atom. The van der Waals surface area contributed by atoms with Crippen LogP contribution >= 0.6 is 34.7 Å². The molecule has 0 aliphatic heterocycles. The van der Waals surface area contributed by atoms with Gasteiger partial charge in [0.2, 0.25) is 0 Å². The lowest BCUT2D eigenvalue weighted by Gasteiger charge is -2.12. The molecule has 1 aliphatic rings. The minimum absolute atomic E-state index is 0.140. The Bertz CT molecular complexity index is 765. The Kier molecular flexibility index (Phi) is 5.64. The fourth-order valence-electron chi connectivity index (χ4n) is 2.71. The van der Waals surface area contributed by atoms with Crippen molar-refractivity contribution < 1.29 is 14.3 Å². The van der Waals surface area contributed by atoms with Crippen molar-refractivity contribution in [2.45, 2.75) is 36.1 Å². The molecular weight excluding hydrogens is 364 g/mol. The third-order valence-corrected chi connectivity index (χ3v) is 6.63. The van der Waals surface area contributed by atoms with Gasteiger partial charge in [-0.05, 0) is 43.0 Å². The number of esters is 1. The van der Waals surface area contributed by atoms with Crippen molar-refractivity contribution in [3.05, 3.63) is 50.9 Å². The number of carbonyl (C=O) groups excluding carboxylic acids is 2. The summed E-state index contributed by atoms with van der Waals surface area (Å²) in [5.74, 6) is 0.563. The molecule has 0 saturated heterocycles. The van der Waals surface area contributed by atoms with Gasteiger partial charge in [0.05, 0.1) is 10.8 Å². The van der Waals surface area contributed by atoms with Crippen LogP contribution in [0.15, 0.2) is 28.5 Å². The van der Waals surface area contributed by atoms with E-state index in [1.165, 1.54) is 11.3 Å². The second kappa shape index (κ2) is 7.72. The van der Waals surface area contributed by atoms with Crippen LogP contribution in [0, 0.1) is 0 Å². The van der Waals surface area contributed by atoms with Gasteiger partial charge in [0.25, 0.3) is 0 Å². The Labute approximate surface area is 154 Å². The van der Waals surface area contributed by atoms with Gasteiger partial charge in [-0.1, -0.05) is 23.7 Å². The number of hydrogen-bond donors (Lipinski definition) is 0. The number of ketones is 1. The van der Waals surface area contributed by atoms with E-state index in [4.69, 9.17) is 16.3 Å². The molecule has 1 aromatic carbocycles. The smallest absolute Gasteiger partial charge is 0.348 e. The highest BCUT2D eigenvalue weighted by atomic mass is 35.5. The minimum atomic E-state index is -0.313. The second-order valence-corrected chi connectivity index (χ2v) is 8.19. The quantitative estimate of drug-likeness (QED) is 0.515. The highest BCUT2D eigenvalue weighted by Crippen LogP contribution is 2.41. The van der Waals surface area contributed by atoms with Crippen molar-refractivity contribution >= 4 is 46.5 Å². The van der Waals surface area contributed by atoms with Crippen LogP contribution in [0.1, 0.15) is 50.9 Å². The summed E-state index contributed by atoms with van der Waals surface area (Å²) in [5, 5.41) is 0.706. The molecule has 3 rings (SSSR count). The average molecular weight is 381 g/mol. The fraction of sp³-hybridized carbons (Fsp3) is 0.333. The van der Waals surface area contributed by atoms with Gasteiger partial charge in [0.15, 0.2) is 5.78 Å². The largest absolute Gasteiger partial charge is 0.462 e. The maximum absolute atomic E-state index is 12.4. The van der Waals surface area contributed by atoms with Crippen LogP contribution in [-0.2, 0) is 16.9 Å². The maximum atomic E-state index is 12.4. The van der Waals surface area contributed by atoms with Crippen molar-refractivity contribution in [2.75, 3.05) is 6.61 Å². The standard InChI is InChI=1S/C18H17ClO3S2/c1-2-22-17(21)16-13-4-3-5-14(20)15(13)18(24-16)23-10-11-6-8-12(19)9-7-11/h6-9H,2-5,10H2,1H3. The molecule has 0 amide bonds. The summed E-state index contributed by atoms with van der Waals surface area (Å²) in [7, 11) is 0. The Morgan fingerprint density at radius 1 is 1.29 bits per heavy atom. The second-order valence-electron chi connectivity index (χ2n) is 5.48. The van der Waals surface area contributed by atoms with E-state index in [2.05, 4.69) is 0 Å². The molecule has 1 heterocycles. The lowest BCUT2D eigenvalue weighted by molar-refractivity contribution is 0.0531. The molecule has 0 unspecified atom stereocenters. The number of Topliss-reactive ketones (excluding diaryl/α,β-unsaturated/α-hetero) is 1. The zero-order chi connectivity index (χ0) is 17.1. The van der Waals surface area contributed by atoms with Crippen LogP contribution in [0.25, 0.3) is 0 Å². The van der Waals surface area contributed by atoms with Crippen LogP contribution in [0.4, 0.5) is 0 Å². The van der Waals surface area contributed by atoms with Gasteiger partial charge in [0.1, 0.15) is 4.88 Å². The molecule has 0 atom stereocenters. The van der Waals surface area contributed by atoms with Crippen molar-refractivity contribution in [3.63, 3.8) is 0 Å². The lowest BCUT2D eigenvalue weighted by Crippen LogP contribution is -2.13. The van der Waals surface area contributed by atoms with E-state index < -0.39 is 0 Å². The predicted octanol–water partition coefficient (Wildman–Crippen LogP) is 5.39. The molecular formula is C18H17ClO3S2. The SMILES string of the molecule is CCOC(=O)c1sc(SCc2ccc(Cl)cc2)c2c1CCCC2=O. The molecule has 126 valence electrons. The summed E-state index contributed by atoms with van der Waals surface area (Å²) in [6, 6.07) is 7.67. The first-order valence-corrected chi connectivity index (χ1v) is 10.0. The van der Waals surface area contributed by atoms with Crippen LogP contribution in [0.3, 0.4) is 0 Å². The van der Waals surface area contributed by atoms with E-state index in [0.29, 0.717) is 22.9 Å². The summed E-state index contributed by atoms with van der Waals surface area (Å²) in [6.45, 7) is 2.13. The van der Waals surface area contributed by atoms with Gasteiger partial charge in [-0.15, -0.1) is 23.1 Å². The van der Waals surface area contributed by atoms with Crippen molar-refractivity contribution in [2.24, 2.45) is 0 Å². The summed E-state index contributed by atoms with van der Waals surface area (Å²) in [4.78, 5) is 25.2. The third-order valence-electron chi connectivity index (χ3n) is 3.83. The number of fused-ring (bicyclic) bond motifs is 1. The van der Waals surface area contributed by atoms with Crippen LogP contribution in [0.5, 0.6) is 0 Å². The molecule has 2 aromatic rings. The van der Waals surface area contributed by atoms with E-state index >= 15 is 0 Å². The fourth-order valence-corrected chi connectivity index (χ4v) is 5.36. The molecule has 0 N–H and O–H groups in total. The molecule has 0 saturated carbocycles. The van der Waals surface area contributed by atoms with Crippen LogP contribution in [0.2, 0.25) is 5.02 Å². The van der Waals surface area contributed by atoms with Gasteiger partial charge >= 0.3 is 5.97 Å². The maximum Gasteiger partial charge on any atom is 0.348 e. The van der Waals surface area contributed by atoms with Crippen molar-refractivity contribution in [1.29, 1.82) is 0 Å². The number of benzene rings is 1. The number of thiophene rings is 1. The summed E-state index contributed by atoms with van der Waals surface area (Å²) in [6.07, 6.45) is 2.13. The van der Waals surface area contributed by atoms with Crippen LogP contribution in [-0.4, -0.2) is 18.4 Å². The van der Waals surface area contributed by atoms with Gasteiger partial charge in [-0.25, -0.2) is 4.79 Å². The topological polar surface area (TPSA) is 43.4 Å². The highest BCUT2D eigenvalue weighted by Gasteiger charge is 2.30. The first-order valence-electron chi connectivity index (χ1n) is 7.83. The van der Waals surface area contributed by atoms with E-state index in [1.54, 1.807) is 18.7 Å². The van der Waals surface area contributed by atoms with Gasteiger partial charge < -0.3 is 4.74 Å². The van der Waals surface area contributed by atoms with Gasteiger partial charge in [-0.3, -0.25) is 4.79 Å². The number of ether oxygens (including phenoxy) is 1. The summed E-state index contributed by atoms with van der Waals surface area (Å²) >= 11 is 8.90. The predicted molar refractivity (Wildman–Crippen MR) is 98.6 cm³/mol. The molecule has 3 nitrogen and oxygen atoms in total. The molecule has 1 aromatic heterocycles. The monoisotopic (exact) mass is 380 g/mol. The molecule has 0 bridgehead atoms. The number of carbonyl (C=O) groups is 2. The first kappa shape index (κ1) is 17.5.